The number of fused-ring (bicyclic) bond motifs is 1. The number of primary amides is 1. The van der Waals surface area contributed by atoms with Gasteiger partial charge in [0.15, 0.2) is 0 Å². The second-order valence-corrected chi connectivity index (χ2v) is 7.18. The van der Waals surface area contributed by atoms with E-state index in [9.17, 15) is 9.59 Å². The number of ether oxygens (including phenoxy) is 2. The predicted octanol–water partition coefficient (Wildman–Crippen LogP) is 1.81. The summed E-state index contributed by atoms with van der Waals surface area (Å²) in [5, 5.41) is 5.36. The lowest BCUT2D eigenvalue weighted by atomic mass is 10.1. The van der Waals surface area contributed by atoms with Crippen LogP contribution in [-0.4, -0.2) is 42.7 Å². The Morgan fingerprint density at radius 3 is 2.88 bits per heavy atom. The molecular weight excluding hydrogens is 354 g/mol. The first-order chi connectivity index (χ1) is 12.4. The van der Waals surface area contributed by atoms with Crippen molar-refractivity contribution in [3.8, 4) is 11.5 Å². The van der Waals surface area contributed by atoms with Gasteiger partial charge in [0, 0.05) is 24.1 Å². The number of nitrogens with two attached hydrogens (primary N) is 1. The topological polar surface area (TPSA) is 103 Å². The van der Waals surface area contributed by atoms with Crippen molar-refractivity contribution in [2.75, 3.05) is 18.6 Å². The number of hydrogen-bond acceptors (Lipinski definition) is 5. The third kappa shape index (κ3) is 5.45. The highest BCUT2D eigenvalue weighted by Crippen LogP contribution is 2.35. The molecule has 0 spiro atoms. The van der Waals surface area contributed by atoms with Crippen molar-refractivity contribution in [3.05, 3.63) is 23.3 Å². The van der Waals surface area contributed by atoms with Crippen molar-refractivity contribution < 1.29 is 19.1 Å². The molecule has 1 aromatic rings. The van der Waals surface area contributed by atoms with E-state index < -0.39 is 12.1 Å². The molecule has 0 saturated heterocycles. The van der Waals surface area contributed by atoms with Crippen LogP contribution >= 0.6 is 11.8 Å². The monoisotopic (exact) mass is 381 g/mol. The van der Waals surface area contributed by atoms with Gasteiger partial charge in [0.2, 0.25) is 5.91 Å². The van der Waals surface area contributed by atoms with Crippen LogP contribution in [0.5, 0.6) is 11.5 Å². The first-order valence-corrected chi connectivity index (χ1v) is 10.1. The highest BCUT2D eigenvalue weighted by atomic mass is 32.2. The maximum atomic E-state index is 12.5. The molecule has 1 aliphatic heterocycles. The van der Waals surface area contributed by atoms with Crippen LogP contribution in [0.4, 0.5) is 4.79 Å². The van der Waals surface area contributed by atoms with E-state index in [4.69, 9.17) is 15.2 Å². The third-order valence-corrected chi connectivity index (χ3v) is 4.72. The smallest absolute Gasteiger partial charge is 0.312 e. The molecule has 3 amide bonds. The molecule has 26 heavy (non-hydrogen) atoms. The van der Waals surface area contributed by atoms with E-state index in [1.54, 1.807) is 11.8 Å². The van der Waals surface area contributed by atoms with E-state index >= 15 is 0 Å². The van der Waals surface area contributed by atoms with Gasteiger partial charge in [-0.05, 0) is 44.4 Å². The average molecular weight is 381 g/mol. The number of rotatable bonds is 9. The fourth-order valence-electron chi connectivity index (χ4n) is 2.89. The third-order valence-electron chi connectivity index (χ3n) is 4.08. The number of nitrogens with one attached hydrogen (secondary N) is 2. The molecule has 2 rings (SSSR count). The van der Waals surface area contributed by atoms with E-state index in [1.165, 1.54) is 0 Å². The van der Waals surface area contributed by atoms with Crippen LogP contribution < -0.4 is 25.8 Å². The largest absolute Gasteiger partial charge is 0.494 e. The Labute approximate surface area is 158 Å². The van der Waals surface area contributed by atoms with Crippen molar-refractivity contribution in [1.82, 2.24) is 10.6 Å². The quantitative estimate of drug-likeness (QED) is 0.605. The van der Waals surface area contributed by atoms with Gasteiger partial charge in [-0.3, -0.25) is 4.79 Å². The molecule has 144 valence electrons. The lowest BCUT2D eigenvalue weighted by molar-refractivity contribution is -0.123. The van der Waals surface area contributed by atoms with Crippen molar-refractivity contribution in [1.29, 1.82) is 0 Å². The van der Waals surface area contributed by atoms with E-state index in [2.05, 4.69) is 10.6 Å². The van der Waals surface area contributed by atoms with Crippen molar-refractivity contribution >= 4 is 23.7 Å². The Morgan fingerprint density at radius 2 is 2.23 bits per heavy atom. The summed E-state index contributed by atoms with van der Waals surface area (Å²) in [6.45, 7) is 4.77. The molecule has 0 fully saturated rings. The summed E-state index contributed by atoms with van der Waals surface area (Å²) in [5.41, 5.74) is 7.13. The van der Waals surface area contributed by atoms with Gasteiger partial charge in [-0.1, -0.05) is 0 Å². The minimum atomic E-state index is -0.707. The van der Waals surface area contributed by atoms with Crippen LogP contribution in [0, 0.1) is 0 Å². The second kappa shape index (κ2) is 9.56. The number of benzene rings is 1. The minimum Gasteiger partial charge on any atom is -0.494 e. The first-order valence-electron chi connectivity index (χ1n) is 8.72. The van der Waals surface area contributed by atoms with Gasteiger partial charge in [0.25, 0.3) is 0 Å². The Balaban J connectivity index is 2.08. The maximum absolute atomic E-state index is 12.5. The molecule has 8 heteroatoms. The van der Waals surface area contributed by atoms with Crippen LogP contribution in [0.15, 0.2) is 12.1 Å². The molecule has 0 unspecified atom stereocenters. The number of amides is 3. The Hall–Kier alpha value is -2.09. The van der Waals surface area contributed by atoms with Crippen LogP contribution in [0.3, 0.4) is 0 Å². The highest BCUT2D eigenvalue weighted by molar-refractivity contribution is 7.98. The molecule has 0 aromatic heterocycles. The molecule has 0 saturated carbocycles. The van der Waals surface area contributed by atoms with Crippen molar-refractivity contribution in [3.63, 3.8) is 0 Å². The van der Waals surface area contributed by atoms with E-state index in [-0.39, 0.29) is 18.6 Å². The molecule has 0 aliphatic carbocycles. The molecule has 1 aliphatic rings. The first kappa shape index (κ1) is 20.2. The zero-order chi connectivity index (χ0) is 19.1. The predicted molar refractivity (Wildman–Crippen MR) is 103 cm³/mol. The standard InChI is InChI=1S/C18H27N3O4S/c1-4-24-15-8-12-7-11(2)25-16(12)9-13(15)10-20-17(22)14(5-6-26-3)21-18(19)23/h8-9,11,14H,4-7,10H2,1-3H3,(H,20,22)(H3,19,21,23)/t11-,14+/m1/s1. The molecule has 4 N–H and O–H groups in total. The number of urea groups is 1. The Bertz CT molecular complexity index is 654. The summed E-state index contributed by atoms with van der Waals surface area (Å²) in [4.78, 5) is 23.6. The van der Waals surface area contributed by atoms with Gasteiger partial charge in [0.05, 0.1) is 6.61 Å². The van der Waals surface area contributed by atoms with Crippen LogP contribution in [-0.2, 0) is 17.8 Å². The van der Waals surface area contributed by atoms with Gasteiger partial charge < -0.3 is 25.8 Å². The molecule has 0 radical (unpaired) electrons. The van der Waals surface area contributed by atoms with E-state index in [0.717, 1.165) is 34.8 Å². The van der Waals surface area contributed by atoms with Crippen LogP contribution in [0.2, 0.25) is 0 Å². The lowest BCUT2D eigenvalue weighted by Crippen LogP contribution is -2.48. The van der Waals surface area contributed by atoms with E-state index in [0.29, 0.717) is 13.0 Å². The van der Waals surface area contributed by atoms with Gasteiger partial charge in [-0.2, -0.15) is 11.8 Å². The summed E-state index contributed by atoms with van der Waals surface area (Å²) in [7, 11) is 0. The fraction of sp³-hybridized carbons (Fsp3) is 0.556. The van der Waals surface area contributed by atoms with Crippen LogP contribution in [0.25, 0.3) is 0 Å². The Kier molecular flexibility index (Phi) is 7.44. The fourth-order valence-corrected chi connectivity index (χ4v) is 3.36. The number of carbonyl (C=O) groups is 2. The number of hydrogen-bond donors (Lipinski definition) is 3. The molecular formula is C18H27N3O4S. The molecule has 1 heterocycles. The zero-order valence-corrected chi connectivity index (χ0v) is 16.3. The molecule has 1 aromatic carbocycles. The van der Waals surface area contributed by atoms with Gasteiger partial charge in [-0.15, -0.1) is 0 Å². The minimum absolute atomic E-state index is 0.139. The van der Waals surface area contributed by atoms with Crippen molar-refractivity contribution in [2.45, 2.75) is 45.4 Å². The summed E-state index contributed by atoms with van der Waals surface area (Å²) < 4.78 is 11.5. The SMILES string of the molecule is CCOc1cc2c(cc1CNC(=O)[C@H](CCSC)NC(N)=O)O[C@H](C)C2. The summed E-state index contributed by atoms with van der Waals surface area (Å²) in [6, 6.07) is 2.54. The van der Waals surface area contributed by atoms with Gasteiger partial charge >= 0.3 is 6.03 Å². The number of carbonyl (C=O) groups excluding carboxylic acids is 2. The molecule has 7 nitrogen and oxygen atoms in total. The summed E-state index contributed by atoms with van der Waals surface area (Å²) in [6.07, 6.45) is 3.44. The number of thioether (sulfide) groups is 1. The van der Waals surface area contributed by atoms with E-state index in [1.807, 2.05) is 32.2 Å². The average Bonchev–Trinajstić information content (AvgIpc) is 2.95. The zero-order valence-electron chi connectivity index (χ0n) is 15.5. The summed E-state index contributed by atoms with van der Waals surface area (Å²) >= 11 is 1.60. The Morgan fingerprint density at radius 1 is 1.46 bits per heavy atom. The molecule has 0 bridgehead atoms. The summed E-state index contributed by atoms with van der Waals surface area (Å²) in [5.74, 6) is 2.05. The molecule has 2 atom stereocenters. The normalized spacial score (nSPS) is 16.3. The maximum Gasteiger partial charge on any atom is 0.312 e. The van der Waals surface area contributed by atoms with Crippen LogP contribution in [0.1, 0.15) is 31.4 Å². The highest BCUT2D eigenvalue weighted by Gasteiger charge is 2.23. The second-order valence-electron chi connectivity index (χ2n) is 6.19. The lowest BCUT2D eigenvalue weighted by Gasteiger charge is -2.18. The van der Waals surface area contributed by atoms with Gasteiger partial charge in [-0.25, -0.2) is 4.79 Å². The van der Waals surface area contributed by atoms with Gasteiger partial charge in [0.1, 0.15) is 23.6 Å². The van der Waals surface area contributed by atoms with Crippen molar-refractivity contribution in [2.24, 2.45) is 5.73 Å².